The maximum absolute atomic E-state index is 12.8. The number of nitrogens with one attached hydrogen (secondary N) is 1. The monoisotopic (exact) mass is 477 g/mol. The second-order valence-corrected chi connectivity index (χ2v) is 9.37. The number of carbonyl (C=O) groups is 2. The molecule has 0 bridgehead atoms. The molecule has 1 amide bonds. The van der Waals surface area contributed by atoms with Crippen LogP contribution in [-0.4, -0.2) is 72.2 Å². The van der Waals surface area contributed by atoms with Crippen molar-refractivity contribution in [3.63, 3.8) is 0 Å². The number of nitrogens with zero attached hydrogens (tertiary/aromatic N) is 6. The largest absolute Gasteiger partial charge is 0.457 e. The number of rotatable bonds is 6. The Kier molecular flexibility index (Phi) is 6.03. The highest BCUT2D eigenvalue weighted by atomic mass is 16.5. The van der Waals surface area contributed by atoms with Crippen LogP contribution in [0.2, 0.25) is 0 Å². The molecule has 1 saturated heterocycles. The topological polar surface area (TPSA) is 135 Å². The number of carbonyl (C=O) groups excluding carboxylic acids is 2. The summed E-state index contributed by atoms with van der Waals surface area (Å²) in [5.41, 5.74) is 3.30. The van der Waals surface area contributed by atoms with Crippen LogP contribution in [0, 0.1) is 6.92 Å². The molecule has 2 N–H and O–H groups in total. The van der Waals surface area contributed by atoms with Gasteiger partial charge in [-0.1, -0.05) is 6.07 Å². The van der Waals surface area contributed by atoms with E-state index in [-0.39, 0.29) is 24.0 Å². The molecule has 0 spiro atoms. The van der Waals surface area contributed by atoms with Crippen molar-refractivity contribution >= 4 is 11.9 Å². The summed E-state index contributed by atoms with van der Waals surface area (Å²) in [7, 11) is 0. The summed E-state index contributed by atoms with van der Waals surface area (Å²) in [6.07, 6.45) is 3.80. The van der Waals surface area contributed by atoms with Gasteiger partial charge in [-0.05, 0) is 66.4 Å². The number of tetrazole rings is 1. The number of likely N-dealkylation sites (tertiary alicyclic amines) is 1. The molecular weight excluding hydrogens is 450 g/mol. The number of ether oxygens (including phenoxy) is 1. The maximum atomic E-state index is 12.8. The number of hydrogen-bond donors (Lipinski definition) is 2. The van der Waals surface area contributed by atoms with Crippen molar-refractivity contribution in [2.45, 2.75) is 44.9 Å². The van der Waals surface area contributed by atoms with Crippen molar-refractivity contribution in [2.24, 2.45) is 0 Å². The summed E-state index contributed by atoms with van der Waals surface area (Å²) >= 11 is 0. The number of cyclic esters (lactones) is 1. The number of fused-ring (bicyclic) bond motifs is 1. The molecule has 2 aliphatic heterocycles. The van der Waals surface area contributed by atoms with Crippen LogP contribution in [0.4, 0.5) is 0 Å². The zero-order valence-corrected chi connectivity index (χ0v) is 19.6. The minimum absolute atomic E-state index is 0.178. The van der Waals surface area contributed by atoms with Gasteiger partial charge in [0.05, 0.1) is 17.2 Å². The highest BCUT2D eigenvalue weighted by Gasteiger charge is 2.33. The Labute approximate surface area is 202 Å². The summed E-state index contributed by atoms with van der Waals surface area (Å²) in [5, 5.41) is 25.0. The van der Waals surface area contributed by atoms with Gasteiger partial charge in [0.2, 0.25) is 0 Å². The second kappa shape index (κ2) is 9.16. The summed E-state index contributed by atoms with van der Waals surface area (Å²) in [5.74, 6) is 0.0466. The van der Waals surface area contributed by atoms with Crippen molar-refractivity contribution in [3.05, 3.63) is 64.6 Å². The quantitative estimate of drug-likeness (QED) is 0.504. The fourth-order valence-electron chi connectivity index (χ4n) is 4.69. The van der Waals surface area contributed by atoms with Crippen molar-refractivity contribution < 1.29 is 19.4 Å². The van der Waals surface area contributed by atoms with Gasteiger partial charge >= 0.3 is 5.97 Å². The van der Waals surface area contributed by atoms with E-state index in [2.05, 4.69) is 30.7 Å². The van der Waals surface area contributed by atoms with Crippen LogP contribution in [0.3, 0.4) is 0 Å². The number of aliphatic hydroxyl groups excluding tert-OH is 1. The van der Waals surface area contributed by atoms with E-state index in [1.807, 2.05) is 19.9 Å². The van der Waals surface area contributed by atoms with Gasteiger partial charge in [-0.25, -0.2) is 9.78 Å². The van der Waals surface area contributed by atoms with Crippen molar-refractivity contribution in [1.82, 2.24) is 35.4 Å². The molecule has 2 aliphatic rings. The maximum Gasteiger partial charge on any atom is 0.338 e. The van der Waals surface area contributed by atoms with Gasteiger partial charge in [-0.15, -0.1) is 5.10 Å². The normalized spacial score (nSPS) is 18.1. The molecular formula is C24H27N7O4. The molecule has 1 aromatic carbocycles. The summed E-state index contributed by atoms with van der Waals surface area (Å²) < 4.78 is 6.54. The summed E-state index contributed by atoms with van der Waals surface area (Å²) in [4.78, 5) is 31.1. The van der Waals surface area contributed by atoms with Gasteiger partial charge in [-0.2, -0.15) is 4.68 Å². The Morgan fingerprint density at radius 2 is 2.06 bits per heavy atom. The van der Waals surface area contributed by atoms with Gasteiger partial charge in [0, 0.05) is 36.9 Å². The van der Waals surface area contributed by atoms with E-state index in [0.717, 1.165) is 42.6 Å². The number of aromatic nitrogens is 5. The molecule has 0 aliphatic carbocycles. The second-order valence-electron chi connectivity index (χ2n) is 9.37. The van der Waals surface area contributed by atoms with Crippen LogP contribution in [0.5, 0.6) is 0 Å². The lowest BCUT2D eigenvalue weighted by Crippen LogP contribution is -2.53. The molecule has 3 aromatic rings. The van der Waals surface area contributed by atoms with Gasteiger partial charge in [0.25, 0.3) is 5.91 Å². The molecule has 182 valence electrons. The van der Waals surface area contributed by atoms with E-state index >= 15 is 0 Å². The van der Waals surface area contributed by atoms with Crippen LogP contribution >= 0.6 is 0 Å². The Bertz CT molecular complexity index is 1240. The third kappa shape index (κ3) is 4.64. The minimum Gasteiger partial charge on any atom is -0.457 e. The Hall–Kier alpha value is -3.70. The van der Waals surface area contributed by atoms with Crippen LogP contribution in [0.25, 0.3) is 5.82 Å². The number of aliphatic hydroxyl groups is 1. The SMILES string of the molecule is Cc1c([C@@H](O)CN2CCC(C)(NC(=O)c3ccc(-n4cnnn4)nc3)CC2)ccc2c1COC2=O. The highest BCUT2D eigenvalue weighted by Crippen LogP contribution is 2.30. The molecule has 1 atom stereocenters. The number of esters is 1. The molecule has 4 heterocycles. The lowest BCUT2D eigenvalue weighted by atomic mass is 9.88. The first-order valence-corrected chi connectivity index (χ1v) is 11.5. The first kappa shape index (κ1) is 23.1. The molecule has 0 radical (unpaired) electrons. The fourth-order valence-corrected chi connectivity index (χ4v) is 4.69. The highest BCUT2D eigenvalue weighted by molar-refractivity contribution is 5.94. The third-order valence-corrected chi connectivity index (χ3v) is 6.97. The molecule has 5 rings (SSSR count). The number of pyridine rings is 1. The van der Waals surface area contributed by atoms with Crippen molar-refractivity contribution in [2.75, 3.05) is 19.6 Å². The van der Waals surface area contributed by atoms with E-state index in [0.29, 0.717) is 23.5 Å². The zero-order chi connectivity index (χ0) is 24.6. The molecule has 2 aromatic heterocycles. The first-order valence-electron chi connectivity index (χ1n) is 11.5. The van der Waals surface area contributed by atoms with Gasteiger partial charge in [0.15, 0.2) is 5.82 Å². The smallest absolute Gasteiger partial charge is 0.338 e. The van der Waals surface area contributed by atoms with Crippen molar-refractivity contribution in [3.8, 4) is 5.82 Å². The van der Waals surface area contributed by atoms with E-state index in [9.17, 15) is 14.7 Å². The minimum atomic E-state index is -0.667. The van der Waals surface area contributed by atoms with E-state index < -0.39 is 6.10 Å². The predicted octanol–water partition coefficient (Wildman–Crippen LogP) is 1.35. The Morgan fingerprint density at radius 3 is 2.74 bits per heavy atom. The van der Waals surface area contributed by atoms with Crippen LogP contribution in [0.1, 0.15) is 63.3 Å². The van der Waals surface area contributed by atoms with E-state index in [1.165, 1.54) is 17.2 Å². The van der Waals surface area contributed by atoms with E-state index in [1.54, 1.807) is 18.2 Å². The molecule has 35 heavy (non-hydrogen) atoms. The molecule has 1 fully saturated rings. The van der Waals surface area contributed by atoms with Gasteiger partial charge in [-0.3, -0.25) is 4.79 Å². The summed E-state index contributed by atoms with van der Waals surface area (Å²) in [6.45, 7) is 6.21. The zero-order valence-electron chi connectivity index (χ0n) is 19.6. The lowest BCUT2D eigenvalue weighted by Gasteiger charge is -2.40. The standard InChI is InChI=1S/C24H27N7O4/c1-15-17(4-5-18-19(15)13-35-23(18)34)20(32)12-30-9-7-24(2,8-10-30)27-22(33)16-3-6-21(25-11-16)31-14-26-28-29-31/h3-6,11,14,20,32H,7-10,12-13H2,1-2H3,(H,27,33)/t20-/m0/s1. The van der Waals surface area contributed by atoms with Crippen LogP contribution < -0.4 is 5.32 Å². The molecule has 0 saturated carbocycles. The third-order valence-electron chi connectivity index (χ3n) is 6.97. The molecule has 0 unspecified atom stereocenters. The van der Waals surface area contributed by atoms with E-state index in [4.69, 9.17) is 4.74 Å². The number of β-amino-alcohol motifs (C(OH)–C–C–N with tert-alkyl or cyclic N) is 1. The first-order chi connectivity index (χ1) is 16.8. The summed E-state index contributed by atoms with van der Waals surface area (Å²) in [6, 6.07) is 6.95. The molecule has 11 nitrogen and oxygen atoms in total. The van der Waals surface area contributed by atoms with Crippen molar-refractivity contribution in [1.29, 1.82) is 0 Å². The van der Waals surface area contributed by atoms with Gasteiger partial charge < -0.3 is 20.1 Å². The van der Waals surface area contributed by atoms with Crippen LogP contribution in [0.15, 0.2) is 36.8 Å². The number of benzene rings is 1. The molecule has 11 heteroatoms. The number of piperidine rings is 1. The number of amides is 1. The Morgan fingerprint density at radius 1 is 1.26 bits per heavy atom. The lowest BCUT2D eigenvalue weighted by molar-refractivity contribution is 0.0534. The average Bonchev–Trinajstić information content (AvgIpc) is 3.52. The predicted molar refractivity (Wildman–Crippen MR) is 124 cm³/mol. The fraction of sp³-hybridized carbons (Fsp3) is 0.417. The number of hydrogen-bond acceptors (Lipinski definition) is 9. The Balaban J connectivity index is 1.16. The van der Waals surface area contributed by atoms with Crippen LogP contribution in [-0.2, 0) is 11.3 Å². The average molecular weight is 478 g/mol. The van der Waals surface area contributed by atoms with Gasteiger partial charge in [0.1, 0.15) is 12.9 Å².